The van der Waals surface area contributed by atoms with Gasteiger partial charge >= 0.3 is 21.1 Å². The van der Waals surface area contributed by atoms with Crippen molar-refractivity contribution < 1.29 is 35.7 Å². The molecule has 58 valence electrons. The number of hydrogen-bond donors (Lipinski definition) is 1. The quantitative estimate of drug-likeness (QED) is 0.221. The van der Waals surface area contributed by atoms with Gasteiger partial charge in [0.15, 0.2) is 0 Å². The van der Waals surface area contributed by atoms with Crippen LogP contribution in [0.4, 0.5) is 0 Å². The molecule has 0 fully saturated rings. The van der Waals surface area contributed by atoms with Gasteiger partial charge in [-0.3, -0.25) is 0 Å². The van der Waals surface area contributed by atoms with Gasteiger partial charge in [0.1, 0.15) is 0 Å². The van der Waals surface area contributed by atoms with Crippen LogP contribution in [-0.2, 0) is 45.5 Å². The first-order chi connectivity index (χ1) is 3.73. The van der Waals surface area contributed by atoms with Gasteiger partial charge in [-0.25, -0.2) is 0 Å². The Morgan fingerprint density at radius 1 is 1.40 bits per heavy atom. The molecular weight excluding hydrogens is 297 g/mol. The fourth-order valence-electron chi connectivity index (χ4n) is 0. The summed E-state index contributed by atoms with van der Waals surface area (Å²) >= 11 is 11.5. The van der Waals surface area contributed by atoms with Crippen LogP contribution in [0, 0.1) is 0 Å². The summed E-state index contributed by atoms with van der Waals surface area (Å²) in [5.41, 5.74) is 4.66. The van der Waals surface area contributed by atoms with Gasteiger partial charge in [0.05, 0.1) is 0 Å². The number of hydrogen-bond acceptors (Lipinski definition) is 6. The normalized spacial score (nSPS) is 8.30. The average molecular weight is 299 g/mol. The molecule has 0 rings (SSSR count). The minimum absolute atomic E-state index is 0. The van der Waals surface area contributed by atoms with Gasteiger partial charge in [0.25, 0.3) is 0 Å². The predicted octanol–water partition coefficient (Wildman–Crippen LogP) is -2.93. The summed E-state index contributed by atoms with van der Waals surface area (Å²) in [5, 5.41) is 0. The molecule has 0 aliphatic rings. The van der Waals surface area contributed by atoms with Crippen molar-refractivity contribution in [2.45, 2.75) is 0 Å². The van der Waals surface area contributed by atoms with E-state index in [-0.39, 0.29) is 25.4 Å². The molecule has 0 aliphatic heterocycles. The second-order valence-electron chi connectivity index (χ2n) is 0.766. The molecule has 0 saturated carbocycles. The Kier molecular flexibility index (Phi) is 14.7. The molecule has 9 heteroatoms. The molecule has 4 nitrogen and oxygen atoms in total. The summed E-state index contributed by atoms with van der Waals surface area (Å²) in [6, 6.07) is 0. The first-order valence-electron chi connectivity index (χ1n) is 1.43. The molecule has 0 saturated heterocycles. The first kappa shape index (κ1) is 17.4. The van der Waals surface area contributed by atoms with E-state index in [9.17, 15) is 0 Å². The van der Waals surface area contributed by atoms with E-state index < -0.39 is 6.72 Å². The van der Waals surface area contributed by atoms with Crippen molar-refractivity contribution >= 4 is 47.7 Å². The second-order valence-corrected chi connectivity index (χ2v) is 4.14. The van der Waals surface area contributed by atoms with Crippen LogP contribution in [0.5, 0.6) is 0 Å². The summed E-state index contributed by atoms with van der Waals surface area (Å²) in [5.74, 6) is 0. The van der Waals surface area contributed by atoms with E-state index in [0.29, 0.717) is 0 Å². The summed E-state index contributed by atoms with van der Waals surface area (Å²) in [4.78, 5) is 26.8. The summed E-state index contributed by atoms with van der Waals surface area (Å²) in [6.45, 7) is -4.56. The zero-order chi connectivity index (χ0) is 8.08. The molecule has 0 spiro atoms. The number of nitrogens with two attached hydrogens (primary N) is 1. The van der Waals surface area contributed by atoms with Gasteiger partial charge in [-0.2, -0.15) is 11.8 Å². The molecule has 0 unspecified atom stereocenters. The zero-order valence-corrected chi connectivity index (χ0v) is 9.73. The molecule has 0 radical (unpaired) electrons. The van der Waals surface area contributed by atoms with E-state index in [4.69, 9.17) is 14.7 Å². The Morgan fingerprint density at radius 3 is 1.40 bits per heavy atom. The largest absolute Gasteiger partial charge is 4.00 e. The van der Waals surface area contributed by atoms with Crippen LogP contribution in [0.2, 0.25) is 0 Å². The molecule has 10 heavy (non-hydrogen) atoms. The molecule has 0 bridgehead atoms. The van der Waals surface area contributed by atoms with Gasteiger partial charge in [-0.1, -0.05) is 4.32 Å². The van der Waals surface area contributed by atoms with Crippen molar-refractivity contribution in [2.75, 3.05) is 0 Å². The van der Waals surface area contributed by atoms with Gasteiger partial charge in [-0.05, 0) is 0 Å². The molecule has 0 aromatic rings. The monoisotopic (exact) mass is 301 g/mol. The van der Waals surface area contributed by atoms with Crippen molar-refractivity contribution in [3.63, 3.8) is 0 Å². The van der Waals surface area contributed by atoms with Crippen molar-refractivity contribution in [3.05, 3.63) is 0 Å². The Balaban J connectivity index is -0.0000000910. The Labute approximate surface area is 88.7 Å². The van der Waals surface area contributed by atoms with Crippen molar-refractivity contribution in [3.8, 4) is 0 Å². The third-order valence-corrected chi connectivity index (χ3v) is 0. The molecule has 0 aromatic heterocycles. The Hall–Kier alpha value is 1.33. The Bertz CT molecular complexity index is 123. The second kappa shape index (κ2) is 8.43. The van der Waals surface area contributed by atoms with Crippen LogP contribution in [-0.4, -0.2) is 4.32 Å². The van der Waals surface area contributed by atoms with Crippen LogP contribution >= 0.6 is 18.9 Å². The SMILES string of the molecule is NC(=S)[S-].[Mo+4].[O-]P([O-])([O-])=S. The van der Waals surface area contributed by atoms with E-state index in [1.165, 1.54) is 0 Å². The fourth-order valence-corrected chi connectivity index (χ4v) is 0. The van der Waals surface area contributed by atoms with Crippen LogP contribution in [0.3, 0.4) is 0 Å². The summed E-state index contributed by atoms with van der Waals surface area (Å²) in [6.07, 6.45) is 0. The average Bonchev–Trinajstić information content (AvgIpc) is 1.19. The topological polar surface area (TPSA) is 95.2 Å². The number of rotatable bonds is 0. The summed E-state index contributed by atoms with van der Waals surface area (Å²) in [7, 11) is 0. The maximum absolute atomic E-state index is 8.92. The minimum atomic E-state index is -4.56. The molecular formula is CH2MoNO3PS3. The summed E-state index contributed by atoms with van der Waals surface area (Å²) < 4.78 is 0.0833. The van der Waals surface area contributed by atoms with Gasteiger partial charge < -0.3 is 52.0 Å². The molecule has 2 N–H and O–H groups in total. The smallest absolute Gasteiger partial charge is 0.844 e. The molecule has 0 amide bonds. The molecule has 0 heterocycles. The third-order valence-electron chi connectivity index (χ3n) is 0. The fraction of sp³-hybridized carbons (Fsp3) is 0. The van der Waals surface area contributed by atoms with Crippen LogP contribution in [0.1, 0.15) is 0 Å². The zero-order valence-electron chi connectivity index (χ0n) is 4.38. The molecule has 0 aliphatic carbocycles. The van der Waals surface area contributed by atoms with E-state index in [2.05, 4.69) is 42.4 Å². The van der Waals surface area contributed by atoms with Crippen LogP contribution in [0.25, 0.3) is 0 Å². The van der Waals surface area contributed by atoms with E-state index in [1.54, 1.807) is 0 Å². The van der Waals surface area contributed by atoms with Crippen LogP contribution in [0.15, 0.2) is 0 Å². The van der Waals surface area contributed by atoms with Gasteiger partial charge in [0.2, 0.25) is 0 Å². The third kappa shape index (κ3) is 367. The maximum Gasteiger partial charge on any atom is 4.00 e. The van der Waals surface area contributed by atoms with E-state index in [0.717, 1.165) is 0 Å². The van der Waals surface area contributed by atoms with E-state index >= 15 is 0 Å². The van der Waals surface area contributed by atoms with Crippen LogP contribution < -0.4 is 20.4 Å². The van der Waals surface area contributed by atoms with Crippen molar-refractivity contribution in [1.82, 2.24) is 0 Å². The van der Waals surface area contributed by atoms with Gasteiger partial charge in [-0.15, -0.1) is 0 Å². The predicted molar refractivity (Wildman–Crippen MR) is 38.4 cm³/mol. The molecule has 0 aromatic carbocycles. The standard InChI is InChI=1S/CH3NS2.Mo.H3O3PS/c2-1(3)4;;1-4(2,3)5/h(H3,2,3,4);;(H3,1,2,3,5)/q;+4;/p-4. The number of thiocarbonyl (C=S) groups is 1. The van der Waals surface area contributed by atoms with Crippen molar-refractivity contribution in [2.24, 2.45) is 5.73 Å². The maximum atomic E-state index is 8.92. The minimum Gasteiger partial charge on any atom is -0.844 e. The van der Waals surface area contributed by atoms with Gasteiger partial charge in [0, 0.05) is 0 Å². The Morgan fingerprint density at radius 2 is 1.40 bits per heavy atom. The van der Waals surface area contributed by atoms with E-state index in [1.807, 2.05) is 0 Å². The first-order valence-corrected chi connectivity index (χ1v) is 4.80. The van der Waals surface area contributed by atoms with Crippen molar-refractivity contribution in [1.29, 1.82) is 0 Å². The molecule has 0 atom stereocenters.